The Morgan fingerprint density at radius 1 is 1.37 bits per heavy atom. The van der Waals surface area contributed by atoms with Crippen LogP contribution in [0.25, 0.3) is 0 Å². The molecule has 0 spiro atoms. The summed E-state index contributed by atoms with van der Waals surface area (Å²) in [6.07, 6.45) is 0.684. The molecule has 0 saturated heterocycles. The number of hydrogen-bond acceptors (Lipinski definition) is 4. The van der Waals surface area contributed by atoms with E-state index in [4.69, 9.17) is 5.73 Å². The number of aryl methyl sites for hydroxylation is 1. The van der Waals surface area contributed by atoms with Gasteiger partial charge in [-0.25, -0.2) is 4.98 Å². The first-order chi connectivity index (χ1) is 9.22. The van der Waals surface area contributed by atoms with E-state index in [-0.39, 0.29) is 11.6 Å². The summed E-state index contributed by atoms with van der Waals surface area (Å²) in [7, 11) is 0. The van der Waals surface area contributed by atoms with Crippen molar-refractivity contribution in [1.29, 1.82) is 0 Å². The third-order valence-electron chi connectivity index (χ3n) is 2.89. The first-order valence-electron chi connectivity index (χ1n) is 6.34. The molecule has 0 aliphatic heterocycles. The standard InChI is InChI=1S/C14H18N4O/c1-2-12-17-13(8-14(19)18-12)16-11(9-15)10-6-4-3-5-7-10/h3-8,11H,2,9,15H2,1H3,(H2,16,17,18,19). The fourth-order valence-corrected chi connectivity index (χ4v) is 1.89. The van der Waals surface area contributed by atoms with Crippen LogP contribution in [0.4, 0.5) is 5.82 Å². The number of aromatic amines is 1. The molecule has 4 N–H and O–H groups in total. The Balaban J connectivity index is 2.24. The highest BCUT2D eigenvalue weighted by Gasteiger charge is 2.10. The smallest absolute Gasteiger partial charge is 0.252 e. The van der Waals surface area contributed by atoms with Crippen LogP contribution < -0.4 is 16.6 Å². The highest BCUT2D eigenvalue weighted by atomic mass is 16.1. The lowest BCUT2D eigenvalue weighted by atomic mass is 10.1. The van der Waals surface area contributed by atoms with Gasteiger partial charge in [0.2, 0.25) is 0 Å². The highest BCUT2D eigenvalue weighted by Crippen LogP contribution is 2.16. The van der Waals surface area contributed by atoms with Crippen LogP contribution in [0.2, 0.25) is 0 Å². The summed E-state index contributed by atoms with van der Waals surface area (Å²) in [5, 5.41) is 3.20. The van der Waals surface area contributed by atoms with Crippen molar-refractivity contribution in [3.05, 3.63) is 58.1 Å². The topological polar surface area (TPSA) is 83.8 Å². The predicted molar refractivity (Wildman–Crippen MR) is 76.1 cm³/mol. The molecule has 1 aromatic carbocycles. The summed E-state index contributed by atoms with van der Waals surface area (Å²) >= 11 is 0. The van der Waals surface area contributed by atoms with Crippen molar-refractivity contribution in [2.24, 2.45) is 5.73 Å². The molecular weight excluding hydrogens is 240 g/mol. The third-order valence-corrected chi connectivity index (χ3v) is 2.89. The summed E-state index contributed by atoms with van der Waals surface area (Å²) in [4.78, 5) is 18.5. The molecule has 0 amide bonds. The quantitative estimate of drug-likeness (QED) is 0.757. The Labute approximate surface area is 111 Å². The zero-order valence-corrected chi connectivity index (χ0v) is 10.9. The van der Waals surface area contributed by atoms with E-state index in [9.17, 15) is 4.79 Å². The Morgan fingerprint density at radius 3 is 2.74 bits per heavy atom. The molecule has 0 aliphatic carbocycles. The molecule has 5 nitrogen and oxygen atoms in total. The maximum absolute atomic E-state index is 11.5. The van der Waals surface area contributed by atoms with Crippen LogP contribution in [0.15, 0.2) is 41.2 Å². The number of nitrogens with two attached hydrogens (primary N) is 1. The molecule has 1 heterocycles. The maximum atomic E-state index is 11.5. The lowest BCUT2D eigenvalue weighted by Gasteiger charge is -2.18. The molecule has 0 bridgehead atoms. The van der Waals surface area contributed by atoms with Gasteiger partial charge in [-0.1, -0.05) is 37.3 Å². The molecule has 0 saturated carbocycles. The number of rotatable bonds is 5. The molecule has 0 radical (unpaired) electrons. The van der Waals surface area contributed by atoms with Gasteiger partial charge in [-0.2, -0.15) is 0 Å². The van der Waals surface area contributed by atoms with E-state index in [0.717, 1.165) is 5.56 Å². The first-order valence-corrected chi connectivity index (χ1v) is 6.34. The minimum Gasteiger partial charge on any atom is -0.362 e. The second kappa shape index (κ2) is 6.15. The summed E-state index contributed by atoms with van der Waals surface area (Å²) in [6, 6.07) is 11.3. The van der Waals surface area contributed by atoms with Crippen molar-refractivity contribution in [2.45, 2.75) is 19.4 Å². The predicted octanol–water partition coefficient (Wildman–Crippen LogP) is 1.44. The van der Waals surface area contributed by atoms with E-state index in [0.29, 0.717) is 24.6 Å². The largest absolute Gasteiger partial charge is 0.362 e. The fourth-order valence-electron chi connectivity index (χ4n) is 1.89. The Kier molecular flexibility index (Phi) is 4.30. The van der Waals surface area contributed by atoms with Gasteiger partial charge in [0.05, 0.1) is 6.04 Å². The average molecular weight is 258 g/mol. The van der Waals surface area contributed by atoms with Crippen molar-refractivity contribution < 1.29 is 0 Å². The average Bonchev–Trinajstić information content (AvgIpc) is 2.45. The molecule has 100 valence electrons. The van der Waals surface area contributed by atoms with Gasteiger partial charge in [-0.05, 0) is 5.56 Å². The van der Waals surface area contributed by atoms with E-state index in [1.54, 1.807) is 0 Å². The zero-order valence-electron chi connectivity index (χ0n) is 10.9. The Bertz CT molecular complexity index is 579. The van der Waals surface area contributed by atoms with Gasteiger partial charge in [-0.3, -0.25) is 4.79 Å². The van der Waals surface area contributed by atoms with Gasteiger partial charge in [-0.15, -0.1) is 0 Å². The summed E-state index contributed by atoms with van der Waals surface area (Å²) in [6.45, 7) is 2.37. The summed E-state index contributed by atoms with van der Waals surface area (Å²) < 4.78 is 0. The van der Waals surface area contributed by atoms with Crippen LogP contribution in [-0.4, -0.2) is 16.5 Å². The lowest BCUT2D eigenvalue weighted by Crippen LogP contribution is -2.23. The van der Waals surface area contributed by atoms with E-state index >= 15 is 0 Å². The number of aromatic nitrogens is 2. The van der Waals surface area contributed by atoms with Crippen molar-refractivity contribution in [2.75, 3.05) is 11.9 Å². The fraction of sp³-hybridized carbons (Fsp3) is 0.286. The summed E-state index contributed by atoms with van der Waals surface area (Å²) in [5.74, 6) is 1.22. The van der Waals surface area contributed by atoms with Crippen molar-refractivity contribution in [3.63, 3.8) is 0 Å². The number of hydrogen-bond donors (Lipinski definition) is 3. The summed E-state index contributed by atoms with van der Waals surface area (Å²) in [5.41, 5.74) is 6.70. The first kappa shape index (κ1) is 13.3. The number of nitrogens with zero attached hydrogens (tertiary/aromatic N) is 1. The Morgan fingerprint density at radius 2 is 2.11 bits per heavy atom. The van der Waals surface area contributed by atoms with Crippen LogP contribution >= 0.6 is 0 Å². The van der Waals surface area contributed by atoms with Crippen LogP contribution in [0.5, 0.6) is 0 Å². The molecule has 2 aromatic rings. The molecule has 2 rings (SSSR count). The second-order valence-corrected chi connectivity index (χ2v) is 4.27. The molecule has 0 aliphatic rings. The zero-order chi connectivity index (χ0) is 13.7. The van der Waals surface area contributed by atoms with Crippen LogP contribution in [0.1, 0.15) is 24.4 Å². The highest BCUT2D eigenvalue weighted by molar-refractivity contribution is 5.38. The van der Waals surface area contributed by atoms with Crippen LogP contribution in [-0.2, 0) is 6.42 Å². The monoisotopic (exact) mass is 258 g/mol. The van der Waals surface area contributed by atoms with Crippen LogP contribution in [0, 0.1) is 0 Å². The normalized spacial score (nSPS) is 12.1. The molecule has 19 heavy (non-hydrogen) atoms. The molecule has 1 unspecified atom stereocenters. The van der Waals surface area contributed by atoms with E-state index in [1.807, 2.05) is 37.3 Å². The number of benzene rings is 1. The lowest BCUT2D eigenvalue weighted by molar-refractivity contribution is 0.777. The van der Waals surface area contributed by atoms with Gasteiger partial charge in [0, 0.05) is 19.0 Å². The van der Waals surface area contributed by atoms with Crippen molar-refractivity contribution in [1.82, 2.24) is 9.97 Å². The third kappa shape index (κ3) is 3.42. The van der Waals surface area contributed by atoms with Crippen LogP contribution in [0.3, 0.4) is 0 Å². The number of anilines is 1. The maximum Gasteiger partial charge on any atom is 0.252 e. The number of H-pyrrole nitrogens is 1. The van der Waals surface area contributed by atoms with Gasteiger partial charge in [0.15, 0.2) is 0 Å². The number of nitrogens with one attached hydrogen (secondary N) is 2. The van der Waals surface area contributed by atoms with Gasteiger partial charge >= 0.3 is 0 Å². The molecular formula is C14H18N4O. The van der Waals surface area contributed by atoms with E-state index in [1.165, 1.54) is 6.07 Å². The molecule has 1 aromatic heterocycles. The minimum absolute atomic E-state index is 0.0554. The van der Waals surface area contributed by atoms with Crippen molar-refractivity contribution >= 4 is 5.82 Å². The SMILES string of the molecule is CCc1nc(NC(CN)c2ccccc2)cc(=O)[nH]1. The minimum atomic E-state index is -0.154. The van der Waals surface area contributed by atoms with Gasteiger partial charge in [0.1, 0.15) is 11.6 Å². The Hall–Kier alpha value is -2.14. The van der Waals surface area contributed by atoms with E-state index < -0.39 is 0 Å². The van der Waals surface area contributed by atoms with E-state index in [2.05, 4.69) is 15.3 Å². The molecule has 1 atom stereocenters. The van der Waals surface area contributed by atoms with Gasteiger partial charge < -0.3 is 16.0 Å². The molecule has 0 fully saturated rings. The second-order valence-electron chi connectivity index (χ2n) is 4.27. The van der Waals surface area contributed by atoms with Crippen molar-refractivity contribution in [3.8, 4) is 0 Å². The molecule has 5 heteroatoms. The van der Waals surface area contributed by atoms with Gasteiger partial charge in [0.25, 0.3) is 5.56 Å².